The Hall–Kier alpha value is -0.180. The van der Waals surface area contributed by atoms with Gasteiger partial charge < -0.3 is 5.32 Å². The van der Waals surface area contributed by atoms with Crippen LogP contribution in [0, 0.1) is 11.8 Å². The zero-order chi connectivity index (χ0) is 12.3. The van der Waals surface area contributed by atoms with Crippen LogP contribution in [0.5, 0.6) is 0 Å². The van der Waals surface area contributed by atoms with Crippen LogP contribution >= 0.6 is 0 Å². The Morgan fingerprint density at radius 2 is 2.06 bits per heavy atom. The van der Waals surface area contributed by atoms with Crippen LogP contribution < -0.4 is 5.32 Å². The molecule has 0 bridgehead atoms. The van der Waals surface area contributed by atoms with Crippen LogP contribution in [-0.4, -0.2) is 19.0 Å². The van der Waals surface area contributed by atoms with E-state index in [1.807, 2.05) is 7.05 Å². The SMILES string of the molecule is CNC(CCCC1CCCC(F)(F)C1)C1CC1. The lowest BCUT2D eigenvalue weighted by atomic mass is 9.83. The van der Waals surface area contributed by atoms with Crippen molar-refractivity contribution in [3.05, 3.63) is 0 Å². The smallest absolute Gasteiger partial charge is 0.248 e. The first-order valence-corrected chi connectivity index (χ1v) is 7.16. The number of hydrogen-bond acceptors (Lipinski definition) is 1. The second-order valence-electron chi connectivity index (χ2n) is 5.98. The first kappa shape index (κ1) is 13.3. The van der Waals surface area contributed by atoms with Crippen LogP contribution in [0.15, 0.2) is 0 Å². The Balaban J connectivity index is 1.64. The Morgan fingerprint density at radius 1 is 1.29 bits per heavy atom. The summed E-state index contributed by atoms with van der Waals surface area (Å²) in [4.78, 5) is 0. The number of rotatable bonds is 6. The molecule has 2 aliphatic rings. The summed E-state index contributed by atoms with van der Waals surface area (Å²) in [6, 6.07) is 0.638. The van der Waals surface area contributed by atoms with Crippen molar-refractivity contribution in [2.45, 2.75) is 69.8 Å². The molecule has 0 aliphatic heterocycles. The minimum atomic E-state index is -2.37. The average molecular weight is 245 g/mol. The normalized spacial score (nSPS) is 30.2. The van der Waals surface area contributed by atoms with Crippen LogP contribution in [0.3, 0.4) is 0 Å². The number of alkyl halides is 2. The van der Waals surface area contributed by atoms with Gasteiger partial charge in [-0.3, -0.25) is 0 Å². The highest BCUT2D eigenvalue weighted by molar-refractivity contribution is 4.86. The molecule has 2 fully saturated rings. The van der Waals surface area contributed by atoms with E-state index < -0.39 is 5.92 Å². The van der Waals surface area contributed by atoms with Crippen LogP contribution in [-0.2, 0) is 0 Å². The third kappa shape index (κ3) is 4.20. The molecule has 100 valence electrons. The third-order valence-corrected chi connectivity index (χ3v) is 4.43. The minimum absolute atomic E-state index is 0.116. The Kier molecular flexibility index (Phi) is 4.40. The summed E-state index contributed by atoms with van der Waals surface area (Å²) in [5.41, 5.74) is 0. The Labute approximate surface area is 103 Å². The van der Waals surface area contributed by atoms with Gasteiger partial charge in [0.1, 0.15) is 0 Å². The van der Waals surface area contributed by atoms with Crippen LogP contribution in [0.4, 0.5) is 8.78 Å². The van der Waals surface area contributed by atoms with Gasteiger partial charge in [-0.25, -0.2) is 8.78 Å². The fourth-order valence-electron chi connectivity index (χ4n) is 3.26. The molecule has 0 spiro atoms. The highest BCUT2D eigenvalue weighted by Gasteiger charge is 2.36. The molecule has 2 atom stereocenters. The van der Waals surface area contributed by atoms with E-state index in [1.54, 1.807) is 0 Å². The van der Waals surface area contributed by atoms with Crippen LogP contribution in [0.1, 0.15) is 57.8 Å². The molecule has 0 aromatic heterocycles. The van der Waals surface area contributed by atoms with Gasteiger partial charge in [-0.15, -0.1) is 0 Å². The van der Waals surface area contributed by atoms with Gasteiger partial charge in [0.2, 0.25) is 5.92 Å². The molecule has 2 rings (SSSR count). The number of halogens is 2. The molecule has 0 aromatic rings. The van der Waals surface area contributed by atoms with E-state index in [2.05, 4.69) is 5.32 Å². The standard InChI is InChI=1S/C14H25F2N/c1-17-13(12-7-8-12)6-2-4-11-5-3-9-14(15,16)10-11/h11-13,17H,2-10H2,1H3. The maximum atomic E-state index is 13.2. The van der Waals surface area contributed by atoms with Gasteiger partial charge in [-0.2, -0.15) is 0 Å². The van der Waals surface area contributed by atoms with Crippen molar-refractivity contribution >= 4 is 0 Å². The molecule has 0 radical (unpaired) electrons. The molecule has 1 N–H and O–H groups in total. The monoisotopic (exact) mass is 245 g/mol. The average Bonchev–Trinajstić information content (AvgIpc) is 3.07. The molecule has 0 amide bonds. The van der Waals surface area contributed by atoms with Gasteiger partial charge in [0.05, 0.1) is 0 Å². The van der Waals surface area contributed by atoms with Gasteiger partial charge in [0.15, 0.2) is 0 Å². The minimum Gasteiger partial charge on any atom is -0.317 e. The third-order valence-electron chi connectivity index (χ3n) is 4.43. The van der Waals surface area contributed by atoms with Crippen molar-refractivity contribution in [3.63, 3.8) is 0 Å². The van der Waals surface area contributed by atoms with Gasteiger partial charge >= 0.3 is 0 Å². The molecule has 2 unspecified atom stereocenters. The summed E-state index contributed by atoms with van der Waals surface area (Å²) in [6.07, 6.45) is 7.98. The highest BCUT2D eigenvalue weighted by Crippen LogP contribution is 2.39. The molecule has 2 saturated carbocycles. The maximum absolute atomic E-state index is 13.2. The fourth-order valence-corrected chi connectivity index (χ4v) is 3.26. The maximum Gasteiger partial charge on any atom is 0.248 e. The van der Waals surface area contributed by atoms with E-state index >= 15 is 0 Å². The molecule has 1 nitrogen and oxygen atoms in total. The van der Waals surface area contributed by atoms with Crippen molar-refractivity contribution < 1.29 is 8.78 Å². The van der Waals surface area contributed by atoms with E-state index in [9.17, 15) is 8.78 Å². The molecule has 0 saturated heterocycles. The van der Waals surface area contributed by atoms with Crippen molar-refractivity contribution in [1.29, 1.82) is 0 Å². The second-order valence-corrected chi connectivity index (χ2v) is 5.98. The molecule has 0 heterocycles. The van der Waals surface area contributed by atoms with Crippen LogP contribution in [0.25, 0.3) is 0 Å². The van der Waals surface area contributed by atoms with Crippen molar-refractivity contribution in [2.24, 2.45) is 11.8 Å². The quantitative estimate of drug-likeness (QED) is 0.746. The largest absolute Gasteiger partial charge is 0.317 e. The Bertz CT molecular complexity index is 238. The van der Waals surface area contributed by atoms with E-state index in [0.717, 1.165) is 31.6 Å². The molecule has 17 heavy (non-hydrogen) atoms. The molecule has 0 aromatic carbocycles. The summed E-state index contributed by atoms with van der Waals surface area (Å²) in [5, 5.41) is 3.37. The lowest BCUT2D eigenvalue weighted by Crippen LogP contribution is -2.28. The van der Waals surface area contributed by atoms with E-state index in [1.165, 1.54) is 19.3 Å². The summed E-state index contributed by atoms with van der Waals surface area (Å²) in [5.74, 6) is -1.23. The lowest BCUT2D eigenvalue weighted by Gasteiger charge is -2.29. The van der Waals surface area contributed by atoms with Crippen molar-refractivity contribution in [1.82, 2.24) is 5.32 Å². The summed E-state index contributed by atoms with van der Waals surface area (Å²) in [6.45, 7) is 0. The Morgan fingerprint density at radius 3 is 2.65 bits per heavy atom. The highest BCUT2D eigenvalue weighted by atomic mass is 19.3. The summed E-state index contributed by atoms with van der Waals surface area (Å²) in [7, 11) is 2.03. The molecular formula is C14H25F2N. The van der Waals surface area contributed by atoms with Crippen molar-refractivity contribution in [2.75, 3.05) is 7.05 Å². The number of nitrogens with one attached hydrogen (secondary N) is 1. The molecule has 3 heteroatoms. The second kappa shape index (κ2) is 5.64. The first-order valence-electron chi connectivity index (χ1n) is 7.16. The number of hydrogen-bond donors (Lipinski definition) is 1. The zero-order valence-corrected chi connectivity index (χ0v) is 10.9. The predicted octanol–water partition coefficient (Wildman–Crippen LogP) is 3.98. The summed E-state index contributed by atoms with van der Waals surface area (Å²) >= 11 is 0. The van der Waals surface area contributed by atoms with Gasteiger partial charge in [0.25, 0.3) is 0 Å². The lowest BCUT2D eigenvalue weighted by molar-refractivity contribution is -0.0538. The van der Waals surface area contributed by atoms with E-state index in [0.29, 0.717) is 6.04 Å². The van der Waals surface area contributed by atoms with Gasteiger partial charge in [-0.1, -0.05) is 19.3 Å². The summed E-state index contributed by atoms with van der Waals surface area (Å²) < 4.78 is 26.5. The van der Waals surface area contributed by atoms with E-state index in [-0.39, 0.29) is 18.8 Å². The van der Waals surface area contributed by atoms with Gasteiger partial charge in [-0.05, 0) is 44.6 Å². The zero-order valence-electron chi connectivity index (χ0n) is 10.9. The van der Waals surface area contributed by atoms with Gasteiger partial charge in [0, 0.05) is 18.9 Å². The van der Waals surface area contributed by atoms with Crippen LogP contribution in [0.2, 0.25) is 0 Å². The first-order chi connectivity index (χ1) is 8.11. The van der Waals surface area contributed by atoms with Crippen molar-refractivity contribution in [3.8, 4) is 0 Å². The predicted molar refractivity (Wildman–Crippen MR) is 66.3 cm³/mol. The molecular weight excluding hydrogens is 220 g/mol. The van der Waals surface area contributed by atoms with E-state index in [4.69, 9.17) is 0 Å². The fraction of sp³-hybridized carbons (Fsp3) is 1.00. The molecule has 2 aliphatic carbocycles. The topological polar surface area (TPSA) is 12.0 Å².